The van der Waals surface area contributed by atoms with Gasteiger partial charge in [0.2, 0.25) is 12.7 Å². The third-order valence-electron chi connectivity index (χ3n) is 4.34. The number of benzene rings is 2. The molecule has 0 unspecified atom stereocenters. The molecule has 1 aliphatic heterocycles. The van der Waals surface area contributed by atoms with Crippen LogP contribution in [-0.2, 0) is 17.9 Å². The van der Waals surface area contributed by atoms with Gasteiger partial charge in [0, 0.05) is 18.1 Å². The Balaban J connectivity index is 1.21. The zero-order chi connectivity index (χ0) is 20.8. The van der Waals surface area contributed by atoms with E-state index >= 15 is 0 Å². The second-order valence-corrected chi connectivity index (χ2v) is 7.86. The van der Waals surface area contributed by atoms with Crippen molar-refractivity contribution < 1.29 is 14.3 Å². The number of aromatic nitrogens is 2. The van der Waals surface area contributed by atoms with Crippen LogP contribution in [-0.4, -0.2) is 28.7 Å². The van der Waals surface area contributed by atoms with Gasteiger partial charge >= 0.3 is 0 Å². The van der Waals surface area contributed by atoms with Crippen LogP contribution in [0.3, 0.4) is 0 Å². The van der Waals surface area contributed by atoms with Crippen LogP contribution < -0.4 is 20.1 Å². The highest BCUT2D eigenvalue weighted by atomic mass is 35.5. The number of amides is 1. The van der Waals surface area contributed by atoms with E-state index in [0.717, 1.165) is 22.6 Å². The highest BCUT2D eigenvalue weighted by Gasteiger charge is 2.13. The molecule has 1 amide bonds. The van der Waals surface area contributed by atoms with E-state index in [1.54, 1.807) is 6.07 Å². The molecule has 9 heteroatoms. The average molecular weight is 443 g/mol. The molecule has 7 nitrogen and oxygen atoms in total. The predicted octanol–water partition coefficient (Wildman–Crippen LogP) is 3.88. The fourth-order valence-corrected chi connectivity index (χ4v) is 3.61. The number of hydrogen-bond acceptors (Lipinski definition) is 7. The maximum Gasteiger partial charge on any atom is 0.231 e. The minimum atomic E-state index is -0.0910. The summed E-state index contributed by atoms with van der Waals surface area (Å²) in [6.07, 6.45) is 0. The SMILES string of the molecule is O=C(CSc1ccc(NCc2ccc3c(c2)OCO3)nn1)NCc1ccccc1Cl. The Bertz CT molecular complexity index is 1030. The Hall–Kier alpha value is -2.97. The Morgan fingerprint density at radius 3 is 2.73 bits per heavy atom. The monoisotopic (exact) mass is 442 g/mol. The van der Waals surface area contributed by atoms with Crippen LogP contribution >= 0.6 is 23.4 Å². The van der Waals surface area contributed by atoms with Crippen LogP contribution in [0, 0.1) is 0 Å². The smallest absolute Gasteiger partial charge is 0.231 e. The summed E-state index contributed by atoms with van der Waals surface area (Å²) >= 11 is 7.42. The van der Waals surface area contributed by atoms with Crippen molar-refractivity contribution in [1.82, 2.24) is 15.5 Å². The number of carbonyl (C=O) groups is 1. The lowest BCUT2D eigenvalue weighted by atomic mass is 10.2. The second kappa shape index (κ2) is 9.69. The van der Waals surface area contributed by atoms with Crippen LogP contribution in [0.4, 0.5) is 5.82 Å². The van der Waals surface area contributed by atoms with Gasteiger partial charge in [-0.05, 0) is 41.5 Å². The first kappa shape index (κ1) is 20.3. The number of hydrogen-bond donors (Lipinski definition) is 2. The van der Waals surface area contributed by atoms with Crippen molar-refractivity contribution in [1.29, 1.82) is 0 Å². The van der Waals surface area contributed by atoms with Gasteiger partial charge in [-0.2, -0.15) is 0 Å². The number of rotatable bonds is 8. The molecule has 154 valence electrons. The van der Waals surface area contributed by atoms with Crippen LogP contribution in [0.25, 0.3) is 0 Å². The predicted molar refractivity (Wildman–Crippen MR) is 116 cm³/mol. The summed E-state index contributed by atoms with van der Waals surface area (Å²) in [4.78, 5) is 12.1. The van der Waals surface area contributed by atoms with Gasteiger partial charge in [-0.1, -0.05) is 47.6 Å². The van der Waals surface area contributed by atoms with Crippen LogP contribution in [0.15, 0.2) is 59.6 Å². The second-order valence-electron chi connectivity index (χ2n) is 6.45. The van der Waals surface area contributed by atoms with E-state index < -0.39 is 0 Å². The molecular formula is C21H19ClN4O3S. The molecule has 2 aromatic carbocycles. The van der Waals surface area contributed by atoms with Crippen LogP contribution in [0.1, 0.15) is 11.1 Å². The molecule has 0 atom stereocenters. The number of nitrogens with zero attached hydrogens (tertiary/aromatic N) is 2. The van der Waals surface area contributed by atoms with Crippen LogP contribution in [0.5, 0.6) is 11.5 Å². The van der Waals surface area contributed by atoms with E-state index in [-0.39, 0.29) is 18.5 Å². The topological polar surface area (TPSA) is 85.4 Å². The molecular weight excluding hydrogens is 424 g/mol. The third kappa shape index (κ3) is 5.34. The standard InChI is InChI=1S/C21H19ClN4O3S/c22-16-4-2-1-3-15(16)11-24-20(27)12-30-21-8-7-19(25-26-21)23-10-14-5-6-17-18(9-14)29-13-28-17/h1-9H,10-13H2,(H,23,25)(H,24,27). The third-order valence-corrected chi connectivity index (χ3v) is 5.62. The minimum absolute atomic E-state index is 0.0910. The number of halogens is 1. The molecule has 0 saturated heterocycles. The Labute approximate surface area is 183 Å². The van der Waals surface area contributed by atoms with Crippen molar-refractivity contribution in [2.75, 3.05) is 17.9 Å². The van der Waals surface area contributed by atoms with Gasteiger partial charge in [-0.3, -0.25) is 4.79 Å². The summed E-state index contributed by atoms with van der Waals surface area (Å²) in [5.41, 5.74) is 1.94. The largest absolute Gasteiger partial charge is 0.454 e. The van der Waals surface area contributed by atoms with Gasteiger partial charge in [-0.25, -0.2) is 0 Å². The summed E-state index contributed by atoms with van der Waals surface area (Å²) in [5, 5.41) is 15.7. The number of anilines is 1. The van der Waals surface area contributed by atoms with Gasteiger partial charge < -0.3 is 20.1 Å². The molecule has 0 spiro atoms. The van der Waals surface area contributed by atoms with Crippen molar-refractivity contribution >= 4 is 35.1 Å². The van der Waals surface area contributed by atoms with Gasteiger partial charge in [0.25, 0.3) is 0 Å². The molecule has 0 saturated carbocycles. The minimum Gasteiger partial charge on any atom is -0.454 e. The van der Waals surface area contributed by atoms with E-state index in [0.29, 0.717) is 29.0 Å². The summed E-state index contributed by atoms with van der Waals surface area (Å²) < 4.78 is 10.7. The van der Waals surface area contributed by atoms with Crippen LogP contribution in [0.2, 0.25) is 5.02 Å². The van der Waals surface area contributed by atoms with E-state index in [2.05, 4.69) is 20.8 Å². The lowest BCUT2D eigenvalue weighted by Crippen LogP contribution is -2.24. The first-order valence-electron chi connectivity index (χ1n) is 9.26. The van der Waals surface area contributed by atoms with E-state index in [9.17, 15) is 4.79 Å². The molecule has 0 bridgehead atoms. The van der Waals surface area contributed by atoms with E-state index in [1.807, 2.05) is 48.5 Å². The molecule has 4 rings (SSSR count). The Morgan fingerprint density at radius 2 is 1.90 bits per heavy atom. The van der Waals surface area contributed by atoms with E-state index in [4.69, 9.17) is 21.1 Å². The van der Waals surface area contributed by atoms with Crippen molar-refractivity contribution in [2.24, 2.45) is 0 Å². The van der Waals surface area contributed by atoms with Gasteiger partial charge in [0.1, 0.15) is 10.8 Å². The molecule has 3 aromatic rings. The number of ether oxygens (including phenoxy) is 2. The van der Waals surface area contributed by atoms with Gasteiger partial charge in [0.05, 0.1) is 5.75 Å². The van der Waals surface area contributed by atoms with Crippen molar-refractivity contribution in [3.8, 4) is 11.5 Å². The quantitative estimate of drug-likeness (QED) is 0.512. The first-order valence-corrected chi connectivity index (χ1v) is 10.6. The molecule has 1 aliphatic rings. The van der Waals surface area contributed by atoms with Crippen molar-refractivity contribution in [3.63, 3.8) is 0 Å². The van der Waals surface area contributed by atoms with Gasteiger partial charge in [0.15, 0.2) is 11.5 Å². The number of carbonyl (C=O) groups excluding carboxylic acids is 1. The molecule has 2 heterocycles. The summed E-state index contributed by atoms with van der Waals surface area (Å²) in [6, 6.07) is 16.9. The molecule has 2 N–H and O–H groups in total. The summed E-state index contributed by atoms with van der Waals surface area (Å²) in [7, 11) is 0. The summed E-state index contributed by atoms with van der Waals surface area (Å²) in [6.45, 7) is 1.24. The highest BCUT2D eigenvalue weighted by molar-refractivity contribution is 7.99. The van der Waals surface area contributed by atoms with Crippen molar-refractivity contribution in [2.45, 2.75) is 18.1 Å². The van der Waals surface area contributed by atoms with Crippen molar-refractivity contribution in [3.05, 3.63) is 70.7 Å². The Morgan fingerprint density at radius 1 is 1.03 bits per heavy atom. The summed E-state index contributed by atoms with van der Waals surface area (Å²) in [5.74, 6) is 2.33. The fraction of sp³-hybridized carbons (Fsp3) is 0.190. The number of nitrogens with one attached hydrogen (secondary N) is 2. The Kier molecular flexibility index (Phi) is 6.56. The maximum atomic E-state index is 12.1. The molecule has 0 aliphatic carbocycles. The zero-order valence-electron chi connectivity index (χ0n) is 15.9. The zero-order valence-corrected chi connectivity index (χ0v) is 17.5. The number of thioether (sulfide) groups is 1. The fourth-order valence-electron chi connectivity index (χ4n) is 2.76. The molecule has 1 aromatic heterocycles. The average Bonchev–Trinajstić information content (AvgIpc) is 3.24. The molecule has 0 fully saturated rings. The highest BCUT2D eigenvalue weighted by Crippen LogP contribution is 2.32. The normalized spacial score (nSPS) is 11.9. The first-order chi connectivity index (χ1) is 14.7. The molecule has 0 radical (unpaired) electrons. The number of fused-ring (bicyclic) bond motifs is 1. The molecule has 30 heavy (non-hydrogen) atoms. The van der Waals surface area contributed by atoms with Gasteiger partial charge in [-0.15, -0.1) is 10.2 Å². The van der Waals surface area contributed by atoms with E-state index in [1.165, 1.54) is 11.8 Å². The lowest BCUT2D eigenvalue weighted by molar-refractivity contribution is -0.118. The maximum absolute atomic E-state index is 12.1. The lowest BCUT2D eigenvalue weighted by Gasteiger charge is -2.08.